The molecule has 0 aromatic heterocycles. The minimum absolute atomic E-state index is 0.0596. The number of benzene rings is 2. The number of anilines is 2. The molecule has 0 aliphatic heterocycles. The monoisotopic (exact) mass is 342 g/mol. The van der Waals surface area contributed by atoms with E-state index in [1.807, 2.05) is 12.1 Å². The number of methoxy groups -OCH3 is 1. The molecule has 0 saturated carbocycles. The van der Waals surface area contributed by atoms with Crippen LogP contribution in [0.1, 0.15) is 20.3 Å². The molecular weight excluding hydrogens is 320 g/mol. The number of nitrogens with one attached hydrogen (secondary N) is 2. The molecular formula is C19H22N2O4. The molecule has 1 atom stereocenters. The average molecular weight is 342 g/mol. The highest BCUT2D eigenvalue weighted by atomic mass is 16.5. The molecule has 0 aliphatic rings. The first-order valence-electron chi connectivity index (χ1n) is 8.04. The fourth-order valence-electron chi connectivity index (χ4n) is 2.09. The first-order chi connectivity index (χ1) is 12.0. The third-order valence-corrected chi connectivity index (χ3v) is 3.50. The standard InChI is InChI=1S/C19H22N2O4/c1-4-18(22)20-14-9-11-15(12-10-14)21-19(23)13(2)25-17-8-6-5-7-16(17)24-3/h5-13H,4H2,1-3H3,(H,20,22)(H,21,23). The Balaban J connectivity index is 1.95. The van der Waals surface area contributed by atoms with Crippen LogP contribution in [0.25, 0.3) is 0 Å². The summed E-state index contributed by atoms with van der Waals surface area (Å²) in [7, 11) is 1.55. The van der Waals surface area contributed by atoms with Gasteiger partial charge in [-0.05, 0) is 43.3 Å². The van der Waals surface area contributed by atoms with Crippen LogP contribution in [0, 0.1) is 0 Å². The number of hydrogen-bond donors (Lipinski definition) is 2. The van der Waals surface area contributed by atoms with Gasteiger partial charge in [-0.3, -0.25) is 9.59 Å². The van der Waals surface area contributed by atoms with Crippen molar-refractivity contribution in [2.75, 3.05) is 17.7 Å². The van der Waals surface area contributed by atoms with E-state index in [9.17, 15) is 9.59 Å². The molecule has 0 bridgehead atoms. The molecule has 6 heteroatoms. The molecule has 2 amide bonds. The highest BCUT2D eigenvalue weighted by molar-refractivity contribution is 5.95. The van der Waals surface area contributed by atoms with Crippen LogP contribution >= 0.6 is 0 Å². The van der Waals surface area contributed by atoms with Crippen molar-refractivity contribution in [2.24, 2.45) is 0 Å². The van der Waals surface area contributed by atoms with Gasteiger partial charge in [-0.15, -0.1) is 0 Å². The highest BCUT2D eigenvalue weighted by Gasteiger charge is 2.16. The quantitative estimate of drug-likeness (QED) is 0.808. The maximum atomic E-state index is 12.3. The Hall–Kier alpha value is -3.02. The second kappa shape index (κ2) is 8.73. The molecule has 1 unspecified atom stereocenters. The van der Waals surface area contributed by atoms with E-state index in [1.165, 1.54) is 0 Å². The normalized spacial score (nSPS) is 11.3. The summed E-state index contributed by atoms with van der Waals surface area (Å²) in [6.45, 7) is 3.45. The first-order valence-corrected chi connectivity index (χ1v) is 8.04. The van der Waals surface area contributed by atoms with E-state index in [2.05, 4.69) is 10.6 Å². The zero-order valence-corrected chi connectivity index (χ0v) is 14.5. The van der Waals surface area contributed by atoms with E-state index in [4.69, 9.17) is 9.47 Å². The van der Waals surface area contributed by atoms with Crippen molar-refractivity contribution in [3.63, 3.8) is 0 Å². The summed E-state index contributed by atoms with van der Waals surface area (Å²) in [5.74, 6) is 0.732. The average Bonchev–Trinajstić information content (AvgIpc) is 2.63. The van der Waals surface area contributed by atoms with E-state index < -0.39 is 6.10 Å². The lowest BCUT2D eigenvalue weighted by Crippen LogP contribution is -2.30. The van der Waals surface area contributed by atoms with Gasteiger partial charge in [0.1, 0.15) is 0 Å². The molecule has 132 valence electrons. The third-order valence-electron chi connectivity index (χ3n) is 3.50. The van der Waals surface area contributed by atoms with Crippen LogP contribution < -0.4 is 20.1 Å². The van der Waals surface area contributed by atoms with Gasteiger partial charge in [-0.2, -0.15) is 0 Å². The molecule has 2 aromatic carbocycles. The second-order valence-corrected chi connectivity index (χ2v) is 5.38. The Morgan fingerprint density at radius 2 is 1.52 bits per heavy atom. The van der Waals surface area contributed by atoms with Gasteiger partial charge in [0.15, 0.2) is 17.6 Å². The predicted octanol–water partition coefficient (Wildman–Crippen LogP) is 3.45. The smallest absolute Gasteiger partial charge is 0.265 e. The molecule has 0 radical (unpaired) electrons. The maximum Gasteiger partial charge on any atom is 0.265 e. The van der Waals surface area contributed by atoms with Gasteiger partial charge in [0.25, 0.3) is 5.91 Å². The van der Waals surface area contributed by atoms with Crippen molar-refractivity contribution in [2.45, 2.75) is 26.4 Å². The zero-order chi connectivity index (χ0) is 18.2. The molecule has 2 aromatic rings. The Kier molecular flexibility index (Phi) is 6.39. The SMILES string of the molecule is CCC(=O)Nc1ccc(NC(=O)C(C)Oc2ccccc2OC)cc1. The number of carbonyl (C=O) groups excluding carboxylic acids is 2. The van der Waals surface area contributed by atoms with Crippen LogP contribution in [0.3, 0.4) is 0 Å². The summed E-state index contributed by atoms with van der Waals surface area (Å²) in [5.41, 5.74) is 1.30. The highest BCUT2D eigenvalue weighted by Crippen LogP contribution is 2.27. The van der Waals surface area contributed by atoms with Crippen LogP contribution in [-0.2, 0) is 9.59 Å². The van der Waals surface area contributed by atoms with E-state index in [1.54, 1.807) is 57.4 Å². The van der Waals surface area contributed by atoms with Crippen LogP contribution in [0.2, 0.25) is 0 Å². The lowest BCUT2D eigenvalue weighted by Gasteiger charge is -2.16. The van der Waals surface area contributed by atoms with Crippen LogP contribution in [0.15, 0.2) is 48.5 Å². The van der Waals surface area contributed by atoms with E-state index in [0.29, 0.717) is 29.3 Å². The van der Waals surface area contributed by atoms with E-state index >= 15 is 0 Å². The Morgan fingerprint density at radius 1 is 0.960 bits per heavy atom. The van der Waals surface area contributed by atoms with Crippen molar-refractivity contribution >= 4 is 23.2 Å². The fourth-order valence-corrected chi connectivity index (χ4v) is 2.09. The molecule has 2 rings (SSSR count). The number of carbonyl (C=O) groups is 2. The molecule has 0 spiro atoms. The molecule has 2 N–H and O–H groups in total. The molecule has 6 nitrogen and oxygen atoms in total. The van der Waals surface area contributed by atoms with Gasteiger partial charge < -0.3 is 20.1 Å². The Morgan fingerprint density at radius 3 is 2.08 bits per heavy atom. The van der Waals surface area contributed by atoms with Crippen molar-refractivity contribution in [1.29, 1.82) is 0 Å². The Bertz CT molecular complexity index is 728. The van der Waals surface area contributed by atoms with Crippen molar-refractivity contribution < 1.29 is 19.1 Å². The topological polar surface area (TPSA) is 76.7 Å². The molecule has 0 heterocycles. The summed E-state index contributed by atoms with van der Waals surface area (Å²) in [6, 6.07) is 14.1. The lowest BCUT2D eigenvalue weighted by molar-refractivity contribution is -0.122. The van der Waals surface area contributed by atoms with Crippen LogP contribution in [0.4, 0.5) is 11.4 Å². The number of rotatable bonds is 7. The fraction of sp³-hybridized carbons (Fsp3) is 0.263. The maximum absolute atomic E-state index is 12.3. The summed E-state index contributed by atoms with van der Waals surface area (Å²) in [5, 5.41) is 5.53. The van der Waals surface area contributed by atoms with E-state index in [0.717, 1.165) is 0 Å². The van der Waals surface area contributed by atoms with Gasteiger partial charge in [0.05, 0.1) is 7.11 Å². The van der Waals surface area contributed by atoms with Gasteiger partial charge >= 0.3 is 0 Å². The van der Waals surface area contributed by atoms with Crippen LogP contribution in [-0.4, -0.2) is 25.0 Å². The lowest BCUT2D eigenvalue weighted by atomic mass is 10.2. The summed E-state index contributed by atoms with van der Waals surface area (Å²) in [6.07, 6.45) is -0.285. The number of ether oxygens (including phenoxy) is 2. The summed E-state index contributed by atoms with van der Waals surface area (Å²) in [4.78, 5) is 23.6. The third kappa shape index (κ3) is 5.24. The Labute approximate surface area is 147 Å². The largest absolute Gasteiger partial charge is 0.493 e. The molecule has 0 fully saturated rings. The van der Waals surface area contributed by atoms with Gasteiger partial charge in [0.2, 0.25) is 5.91 Å². The number of para-hydroxylation sites is 2. The predicted molar refractivity (Wildman–Crippen MR) is 97.1 cm³/mol. The number of hydrogen-bond acceptors (Lipinski definition) is 4. The van der Waals surface area contributed by atoms with Crippen molar-refractivity contribution in [3.8, 4) is 11.5 Å². The van der Waals surface area contributed by atoms with Crippen molar-refractivity contribution in [1.82, 2.24) is 0 Å². The van der Waals surface area contributed by atoms with Crippen molar-refractivity contribution in [3.05, 3.63) is 48.5 Å². The summed E-state index contributed by atoms with van der Waals surface area (Å²) >= 11 is 0. The van der Waals surface area contributed by atoms with Gasteiger partial charge in [-0.25, -0.2) is 0 Å². The summed E-state index contributed by atoms with van der Waals surface area (Å²) < 4.78 is 10.9. The van der Waals surface area contributed by atoms with Gasteiger partial charge in [0, 0.05) is 17.8 Å². The van der Waals surface area contributed by atoms with E-state index in [-0.39, 0.29) is 11.8 Å². The molecule has 0 aliphatic carbocycles. The van der Waals surface area contributed by atoms with Gasteiger partial charge in [-0.1, -0.05) is 19.1 Å². The minimum Gasteiger partial charge on any atom is -0.493 e. The first kappa shape index (κ1) is 18.3. The molecule has 0 saturated heterocycles. The molecule has 25 heavy (non-hydrogen) atoms. The number of amides is 2. The minimum atomic E-state index is -0.698. The van der Waals surface area contributed by atoms with Crippen LogP contribution in [0.5, 0.6) is 11.5 Å². The zero-order valence-electron chi connectivity index (χ0n) is 14.5. The second-order valence-electron chi connectivity index (χ2n) is 5.38.